The number of nitrogens with one attached hydrogen (secondary N) is 3. The average molecular weight is 401 g/mol. The molecular formula is C23H23N5O2. The third-order valence-electron chi connectivity index (χ3n) is 5.07. The van der Waals surface area contributed by atoms with E-state index in [-0.39, 0.29) is 17.4 Å². The van der Waals surface area contributed by atoms with Crippen LogP contribution < -0.4 is 10.9 Å². The number of fused-ring (bicyclic) bond motifs is 1. The summed E-state index contributed by atoms with van der Waals surface area (Å²) in [5, 5.41) is 4.04. The van der Waals surface area contributed by atoms with Gasteiger partial charge in [-0.3, -0.25) is 14.6 Å². The van der Waals surface area contributed by atoms with E-state index >= 15 is 0 Å². The number of carbonyl (C=O) groups excluding carboxylic acids is 1. The number of H-pyrrole nitrogens is 2. The fourth-order valence-corrected chi connectivity index (χ4v) is 3.49. The molecule has 0 saturated carbocycles. The average Bonchev–Trinajstić information content (AvgIpc) is 3.18. The van der Waals surface area contributed by atoms with E-state index in [0.29, 0.717) is 22.9 Å². The van der Waals surface area contributed by atoms with E-state index in [1.807, 2.05) is 51.1 Å². The van der Waals surface area contributed by atoms with Gasteiger partial charge in [-0.1, -0.05) is 32.0 Å². The number of benzene rings is 1. The maximum absolute atomic E-state index is 13.0. The van der Waals surface area contributed by atoms with Crippen LogP contribution in [0.3, 0.4) is 0 Å². The SMILES string of the molecule is Cc1cccc2[nH]c(C(=O)N[C@@H](c3cc(=O)[nH]c(-c4ccccn4)n3)C(C)C)cc12. The largest absolute Gasteiger partial charge is 0.351 e. The fraction of sp³-hybridized carbons (Fsp3) is 0.217. The van der Waals surface area contributed by atoms with Crippen molar-refractivity contribution < 1.29 is 4.79 Å². The highest BCUT2D eigenvalue weighted by molar-refractivity contribution is 5.99. The Balaban J connectivity index is 1.67. The van der Waals surface area contributed by atoms with Gasteiger partial charge in [0.2, 0.25) is 0 Å². The zero-order chi connectivity index (χ0) is 21.3. The van der Waals surface area contributed by atoms with Gasteiger partial charge in [-0.25, -0.2) is 4.98 Å². The number of nitrogens with zero attached hydrogens (tertiary/aromatic N) is 2. The molecule has 3 N–H and O–H groups in total. The first-order chi connectivity index (χ1) is 14.4. The molecule has 1 amide bonds. The van der Waals surface area contributed by atoms with E-state index in [2.05, 4.69) is 25.3 Å². The Morgan fingerprint density at radius 2 is 1.90 bits per heavy atom. The predicted octanol–water partition coefficient (Wildman–Crippen LogP) is 3.75. The van der Waals surface area contributed by atoms with Crippen LogP contribution in [0.25, 0.3) is 22.4 Å². The maximum atomic E-state index is 13.0. The minimum atomic E-state index is -0.435. The third kappa shape index (κ3) is 3.87. The summed E-state index contributed by atoms with van der Waals surface area (Å²) in [5.41, 5.74) is 3.25. The number of aryl methyl sites for hydroxylation is 1. The topological polar surface area (TPSA) is 104 Å². The lowest BCUT2D eigenvalue weighted by molar-refractivity contribution is 0.0920. The van der Waals surface area contributed by atoms with Gasteiger partial charge < -0.3 is 15.3 Å². The fourth-order valence-electron chi connectivity index (χ4n) is 3.49. The highest BCUT2D eigenvalue weighted by Gasteiger charge is 2.23. The molecule has 0 spiro atoms. The second kappa shape index (κ2) is 7.94. The molecule has 1 aromatic carbocycles. The summed E-state index contributed by atoms with van der Waals surface area (Å²) in [6.45, 7) is 5.96. The molecule has 7 nitrogen and oxygen atoms in total. The number of pyridine rings is 1. The summed E-state index contributed by atoms with van der Waals surface area (Å²) in [7, 11) is 0. The summed E-state index contributed by atoms with van der Waals surface area (Å²) in [4.78, 5) is 40.0. The first kappa shape index (κ1) is 19.6. The van der Waals surface area contributed by atoms with Gasteiger partial charge in [-0.05, 0) is 42.7 Å². The Morgan fingerprint density at radius 3 is 2.60 bits per heavy atom. The van der Waals surface area contributed by atoms with Crippen LogP contribution >= 0.6 is 0 Å². The first-order valence-corrected chi connectivity index (χ1v) is 9.84. The number of rotatable bonds is 5. The number of aromatic nitrogens is 4. The minimum absolute atomic E-state index is 0.0194. The zero-order valence-electron chi connectivity index (χ0n) is 17.1. The first-order valence-electron chi connectivity index (χ1n) is 9.84. The molecule has 0 fully saturated rings. The van der Waals surface area contributed by atoms with Crippen molar-refractivity contribution in [2.75, 3.05) is 0 Å². The van der Waals surface area contributed by atoms with E-state index < -0.39 is 6.04 Å². The van der Waals surface area contributed by atoms with Crippen LogP contribution in [0.1, 0.15) is 41.6 Å². The Morgan fingerprint density at radius 1 is 1.07 bits per heavy atom. The molecule has 0 aliphatic heterocycles. The van der Waals surface area contributed by atoms with Gasteiger partial charge in [-0.2, -0.15) is 0 Å². The van der Waals surface area contributed by atoms with Crippen molar-refractivity contribution >= 4 is 16.8 Å². The number of hydrogen-bond acceptors (Lipinski definition) is 4. The van der Waals surface area contributed by atoms with Crippen molar-refractivity contribution in [3.63, 3.8) is 0 Å². The highest BCUT2D eigenvalue weighted by atomic mass is 16.2. The van der Waals surface area contributed by atoms with Crippen LogP contribution in [0.5, 0.6) is 0 Å². The molecule has 0 unspecified atom stereocenters. The number of hydrogen-bond donors (Lipinski definition) is 3. The lowest BCUT2D eigenvalue weighted by Gasteiger charge is -2.22. The van der Waals surface area contributed by atoms with Gasteiger partial charge in [0.25, 0.3) is 11.5 Å². The van der Waals surface area contributed by atoms with E-state index in [1.54, 1.807) is 18.3 Å². The molecule has 4 aromatic rings. The molecule has 0 saturated heterocycles. The molecule has 7 heteroatoms. The van der Waals surface area contributed by atoms with E-state index in [1.165, 1.54) is 6.07 Å². The molecule has 3 aromatic heterocycles. The summed E-state index contributed by atoms with van der Waals surface area (Å²) < 4.78 is 0. The highest BCUT2D eigenvalue weighted by Crippen LogP contribution is 2.23. The quantitative estimate of drug-likeness (QED) is 0.474. The summed E-state index contributed by atoms with van der Waals surface area (Å²) in [5.74, 6) is 0.149. The van der Waals surface area contributed by atoms with Crippen LogP contribution in [-0.4, -0.2) is 25.8 Å². The minimum Gasteiger partial charge on any atom is -0.351 e. The van der Waals surface area contributed by atoms with Crippen molar-refractivity contribution in [1.29, 1.82) is 0 Å². The second-order valence-corrected chi connectivity index (χ2v) is 7.65. The van der Waals surface area contributed by atoms with Gasteiger partial charge in [-0.15, -0.1) is 0 Å². The van der Waals surface area contributed by atoms with Gasteiger partial charge in [0.15, 0.2) is 5.82 Å². The lowest BCUT2D eigenvalue weighted by atomic mass is 10.00. The molecule has 30 heavy (non-hydrogen) atoms. The molecule has 3 heterocycles. The maximum Gasteiger partial charge on any atom is 0.268 e. The van der Waals surface area contributed by atoms with E-state index in [0.717, 1.165) is 16.5 Å². The predicted molar refractivity (Wildman–Crippen MR) is 116 cm³/mol. The van der Waals surface area contributed by atoms with Crippen molar-refractivity contribution in [3.05, 3.63) is 82.0 Å². The van der Waals surface area contributed by atoms with Crippen LogP contribution in [0, 0.1) is 12.8 Å². The monoisotopic (exact) mass is 401 g/mol. The molecule has 4 rings (SSSR count). The normalized spacial score (nSPS) is 12.3. The zero-order valence-corrected chi connectivity index (χ0v) is 17.1. The Hall–Kier alpha value is -3.74. The van der Waals surface area contributed by atoms with Crippen LogP contribution in [0.4, 0.5) is 0 Å². The summed E-state index contributed by atoms with van der Waals surface area (Å²) in [6.07, 6.45) is 1.64. The van der Waals surface area contributed by atoms with Crippen molar-refractivity contribution in [3.8, 4) is 11.5 Å². The van der Waals surface area contributed by atoms with Crippen molar-refractivity contribution in [2.24, 2.45) is 5.92 Å². The third-order valence-corrected chi connectivity index (χ3v) is 5.07. The standard InChI is InChI=1S/C23H23N5O2/c1-13(2)21(18-12-20(29)27-22(26-18)17-8-4-5-10-24-17)28-23(30)19-11-15-14(3)7-6-9-16(15)25-19/h4-13,21,25H,1-3H3,(H,28,30)(H,26,27,29)/t21-/m1/s1. The van der Waals surface area contributed by atoms with E-state index in [4.69, 9.17) is 0 Å². The summed E-state index contributed by atoms with van der Waals surface area (Å²) >= 11 is 0. The summed E-state index contributed by atoms with van der Waals surface area (Å²) in [6, 6.07) is 14.1. The van der Waals surface area contributed by atoms with E-state index in [9.17, 15) is 9.59 Å². The molecule has 0 bridgehead atoms. The molecular weight excluding hydrogens is 378 g/mol. The van der Waals surface area contributed by atoms with Crippen LogP contribution in [-0.2, 0) is 0 Å². The number of carbonyl (C=O) groups is 1. The Kier molecular flexibility index (Phi) is 5.18. The second-order valence-electron chi connectivity index (χ2n) is 7.65. The molecule has 0 aliphatic carbocycles. The van der Waals surface area contributed by atoms with Crippen LogP contribution in [0.15, 0.2) is 59.5 Å². The molecule has 152 valence electrons. The van der Waals surface area contributed by atoms with Crippen molar-refractivity contribution in [2.45, 2.75) is 26.8 Å². The van der Waals surface area contributed by atoms with Gasteiger partial charge >= 0.3 is 0 Å². The smallest absolute Gasteiger partial charge is 0.268 e. The van der Waals surface area contributed by atoms with Gasteiger partial charge in [0, 0.05) is 23.2 Å². The van der Waals surface area contributed by atoms with Gasteiger partial charge in [0.05, 0.1) is 11.7 Å². The molecule has 0 radical (unpaired) electrons. The number of amides is 1. The van der Waals surface area contributed by atoms with Crippen LogP contribution in [0.2, 0.25) is 0 Å². The van der Waals surface area contributed by atoms with Gasteiger partial charge in [0.1, 0.15) is 11.4 Å². The van der Waals surface area contributed by atoms with Crippen molar-refractivity contribution in [1.82, 2.24) is 25.3 Å². The molecule has 0 aliphatic rings. The lowest BCUT2D eigenvalue weighted by Crippen LogP contribution is -2.33. The molecule has 1 atom stereocenters. The number of aromatic amines is 2. The Bertz CT molecular complexity index is 1260. The Labute approximate surface area is 173 Å².